The molecule has 1 unspecified atom stereocenters. The molecule has 0 radical (unpaired) electrons. The Hall–Kier alpha value is -0.880. The lowest BCUT2D eigenvalue weighted by Crippen LogP contribution is -2.44. The van der Waals surface area contributed by atoms with Crippen LogP contribution in [0.5, 0.6) is 0 Å². The van der Waals surface area contributed by atoms with Gasteiger partial charge >= 0.3 is 0 Å². The van der Waals surface area contributed by atoms with Crippen LogP contribution >= 0.6 is 23.4 Å². The molecule has 0 bridgehead atoms. The highest BCUT2D eigenvalue weighted by Crippen LogP contribution is 2.15. The van der Waals surface area contributed by atoms with E-state index >= 15 is 0 Å². The van der Waals surface area contributed by atoms with Gasteiger partial charge in [-0.3, -0.25) is 4.79 Å². The van der Waals surface area contributed by atoms with E-state index in [-0.39, 0.29) is 11.2 Å². The van der Waals surface area contributed by atoms with Gasteiger partial charge < -0.3 is 5.32 Å². The summed E-state index contributed by atoms with van der Waals surface area (Å²) in [6.45, 7) is 0. The highest BCUT2D eigenvalue weighted by Gasteiger charge is 2.33. The van der Waals surface area contributed by atoms with Crippen LogP contribution in [0, 0.1) is 0 Å². The summed E-state index contributed by atoms with van der Waals surface area (Å²) in [6.07, 6.45) is 1.82. The van der Waals surface area contributed by atoms with Gasteiger partial charge in [0, 0.05) is 0 Å². The van der Waals surface area contributed by atoms with Crippen LogP contribution < -0.4 is 5.32 Å². The van der Waals surface area contributed by atoms with E-state index in [1.807, 2.05) is 6.26 Å². The minimum Gasteiger partial charge on any atom is -0.303 e. The van der Waals surface area contributed by atoms with Crippen LogP contribution in [0.4, 0.5) is 0 Å². The van der Waals surface area contributed by atoms with Crippen LogP contribution in [0.1, 0.15) is 0 Å². The number of amides is 1. The zero-order valence-corrected chi connectivity index (χ0v) is 8.19. The Morgan fingerprint density at radius 1 is 1.54 bits per heavy atom. The van der Waals surface area contributed by atoms with Crippen LogP contribution in [0.25, 0.3) is 0 Å². The maximum atomic E-state index is 11.3. The van der Waals surface area contributed by atoms with Gasteiger partial charge in [-0.05, 0) is 17.9 Å². The topological polar surface area (TPSA) is 66.2 Å². The van der Waals surface area contributed by atoms with Gasteiger partial charge in [0.2, 0.25) is 5.29 Å². The zero-order chi connectivity index (χ0) is 9.42. The Morgan fingerprint density at radius 2 is 2.31 bits per heavy atom. The molecule has 0 saturated carbocycles. The summed E-state index contributed by atoms with van der Waals surface area (Å²) >= 11 is 6.89. The first-order valence-electron chi connectivity index (χ1n) is 3.46. The number of nitrogens with one attached hydrogen (secondary N) is 1. The van der Waals surface area contributed by atoms with E-state index in [2.05, 4.69) is 20.3 Å². The highest BCUT2D eigenvalue weighted by molar-refractivity contribution is 8.13. The number of halogens is 1. The largest absolute Gasteiger partial charge is 0.303 e. The SMILES string of the molecule is CSC1=NC2=NC(Cl)=NC2C(=O)N1. The number of amidine groups is 3. The molecule has 0 aromatic carbocycles. The normalized spacial score (nSPS) is 25.8. The molecule has 2 rings (SSSR count). The molecule has 0 saturated heterocycles. The van der Waals surface area contributed by atoms with Crippen molar-refractivity contribution in [1.29, 1.82) is 0 Å². The molecule has 0 fully saturated rings. The first-order valence-corrected chi connectivity index (χ1v) is 5.06. The summed E-state index contributed by atoms with van der Waals surface area (Å²) in [7, 11) is 0. The van der Waals surface area contributed by atoms with Crippen LogP contribution in [0.15, 0.2) is 15.0 Å². The van der Waals surface area contributed by atoms with Crippen molar-refractivity contribution in [2.24, 2.45) is 15.0 Å². The van der Waals surface area contributed by atoms with Crippen molar-refractivity contribution in [2.75, 3.05) is 6.26 Å². The Labute approximate surface area is 83.4 Å². The van der Waals surface area contributed by atoms with E-state index in [4.69, 9.17) is 11.6 Å². The quantitative estimate of drug-likeness (QED) is 0.589. The average molecular weight is 217 g/mol. The maximum absolute atomic E-state index is 11.3. The second kappa shape index (κ2) is 3.12. The summed E-state index contributed by atoms with van der Waals surface area (Å²) in [4.78, 5) is 23.0. The van der Waals surface area contributed by atoms with Gasteiger partial charge in [0.1, 0.15) is 0 Å². The third-order valence-corrected chi connectivity index (χ3v) is 2.34. The van der Waals surface area contributed by atoms with Gasteiger partial charge in [0.25, 0.3) is 5.91 Å². The number of rotatable bonds is 0. The van der Waals surface area contributed by atoms with E-state index in [9.17, 15) is 4.79 Å². The van der Waals surface area contributed by atoms with E-state index in [1.165, 1.54) is 11.8 Å². The van der Waals surface area contributed by atoms with Gasteiger partial charge in [-0.2, -0.15) is 0 Å². The maximum Gasteiger partial charge on any atom is 0.258 e. The molecule has 68 valence electrons. The molecule has 0 spiro atoms. The molecule has 0 aliphatic carbocycles. The molecular formula is C6H5ClN4OS. The third kappa shape index (κ3) is 1.47. The van der Waals surface area contributed by atoms with E-state index in [0.717, 1.165) is 0 Å². The van der Waals surface area contributed by atoms with Crippen LogP contribution in [-0.4, -0.2) is 34.5 Å². The van der Waals surface area contributed by atoms with Crippen molar-refractivity contribution in [3.8, 4) is 0 Å². The van der Waals surface area contributed by atoms with Gasteiger partial charge in [-0.25, -0.2) is 15.0 Å². The summed E-state index contributed by atoms with van der Waals surface area (Å²) < 4.78 is 0. The van der Waals surface area contributed by atoms with Gasteiger partial charge in [0.15, 0.2) is 17.0 Å². The Bertz CT molecular complexity index is 362. The fraction of sp³-hybridized carbons (Fsp3) is 0.333. The first-order chi connectivity index (χ1) is 6.20. The number of aliphatic imine (C=N–C) groups is 3. The van der Waals surface area contributed by atoms with Crippen LogP contribution in [0.2, 0.25) is 0 Å². The molecule has 0 aromatic heterocycles. The average Bonchev–Trinajstić information content (AvgIpc) is 2.46. The Morgan fingerprint density at radius 3 is 3.00 bits per heavy atom. The summed E-state index contributed by atoms with van der Waals surface area (Å²) in [6, 6.07) is -0.650. The van der Waals surface area contributed by atoms with E-state index < -0.39 is 6.04 Å². The summed E-state index contributed by atoms with van der Waals surface area (Å²) in [5, 5.41) is 3.20. The number of hydrogen-bond acceptors (Lipinski definition) is 5. The second-order valence-electron chi connectivity index (χ2n) is 2.38. The number of nitrogens with zero attached hydrogens (tertiary/aromatic N) is 3. The molecule has 2 heterocycles. The van der Waals surface area contributed by atoms with Crippen molar-refractivity contribution in [3.05, 3.63) is 0 Å². The standard InChI is InChI=1S/C6H5ClN4OS/c1-13-6-10-3-2(4(12)11-6)8-5(7)9-3/h2H,1H3,(H,8,9,10,11,12). The zero-order valence-electron chi connectivity index (χ0n) is 6.61. The van der Waals surface area contributed by atoms with E-state index in [0.29, 0.717) is 11.0 Å². The molecule has 1 amide bonds. The second-order valence-corrected chi connectivity index (χ2v) is 3.51. The van der Waals surface area contributed by atoms with Crippen LogP contribution in [0.3, 0.4) is 0 Å². The molecule has 13 heavy (non-hydrogen) atoms. The van der Waals surface area contributed by atoms with E-state index in [1.54, 1.807) is 0 Å². The predicted molar refractivity (Wildman–Crippen MR) is 53.6 cm³/mol. The molecule has 2 aliphatic rings. The minimum absolute atomic E-state index is 0.0845. The lowest BCUT2D eigenvalue weighted by molar-refractivity contribution is -0.119. The summed E-state index contributed by atoms with van der Waals surface area (Å²) in [5.41, 5.74) is 0. The van der Waals surface area contributed by atoms with Crippen molar-refractivity contribution in [2.45, 2.75) is 6.04 Å². The number of thioether (sulfide) groups is 1. The molecule has 1 N–H and O–H groups in total. The van der Waals surface area contributed by atoms with Crippen molar-refractivity contribution >= 4 is 45.6 Å². The smallest absolute Gasteiger partial charge is 0.258 e. The molecule has 7 heteroatoms. The Balaban J connectivity index is 2.37. The predicted octanol–water partition coefficient (Wildman–Crippen LogP) is 0.211. The van der Waals surface area contributed by atoms with Crippen molar-refractivity contribution < 1.29 is 4.79 Å². The fourth-order valence-corrected chi connectivity index (χ4v) is 1.58. The molecular weight excluding hydrogens is 212 g/mol. The molecule has 0 aromatic rings. The molecule has 2 aliphatic heterocycles. The van der Waals surface area contributed by atoms with Crippen molar-refractivity contribution in [1.82, 2.24) is 5.32 Å². The number of carbonyl (C=O) groups is 1. The number of carbonyl (C=O) groups excluding carboxylic acids is 1. The monoisotopic (exact) mass is 216 g/mol. The van der Waals surface area contributed by atoms with Gasteiger partial charge in [-0.15, -0.1) is 0 Å². The highest BCUT2D eigenvalue weighted by atomic mass is 35.5. The van der Waals surface area contributed by atoms with Crippen molar-refractivity contribution in [3.63, 3.8) is 0 Å². The number of hydrogen-bond donors (Lipinski definition) is 1. The molecule has 1 atom stereocenters. The number of fused-ring (bicyclic) bond motifs is 1. The fourth-order valence-electron chi connectivity index (χ4n) is 1.01. The minimum atomic E-state index is -0.650. The lowest BCUT2D eigenvalue weighted by atomic mass is 10.2. The third-order valence-electron chi connectivity index (χ3n) is 1.57. The van der Waals surface area contributed by atoms with Gasteiger partial charge in [-0.1, -0.05) is 11.8 Å². The molecule has 5 nitrogen and oxygen atoms in total. The van der Waals surface area contributed by atoms with Gasteiger partial charge in [0.05, 0.1) is 0 Å². The Kier molecular flexibility index (Phi) is 2.09. The van der Waals surface area contributed by atoms with Crippen LogP contribution in [-0.2, 0) is 4.79 Å². The first kappa shape index (κ1) is 8.71. The summed E-state index contributed by atoms with van der Waals surface area (Å²) in [5.74, 6) is 0.145. The lowest BCUT2D eigenvalue weighted by Gasteiger charge is -2.15.